The lowest BCUT2D eigenvalue weighted by Gasteiger charge is -2.31. The molecule has 8 nitrogen and oxygen atoms in total. The van der Waals surface area contributed by atoms with E-state index in [1.54, 1.807) is 23.1 Å². The van der Waals surface area contributed by atoms with Crippen LogP contribution < -0.4 is 20.6 Å². The Kier molecular flexibility index (Phi) is 4.60. The number of hydrogen-bond donors (Lipinski definition) is 2. The number of para-hydroxylation sites is 2. The Morgan fingerprint density at radius 3 is 2.54 bits per heavy atom. The second-order valence-electron chi connectivity index (χ2n) is 6.51. The van der Waals surface area contributed by atoms with Gasteiger partial charge in [0, 0.05) is 12.1 Å². The van der Waals surface area contributed by atoms with Crippen molar-refractivity contribution in [2.24, 2.45) is 0 Å². The van der Waals surface area contributed by atoms with Crippen LogP contribution in [-0.2, 0) is 0 Å². The Labute approximate surface area is 159 Å². The first-order valence-electron chi connectivity index (χ1n) is 8.99. The fourth-order valence-electron chi connectivity index (χ4n) is 3.18. The number of carbonyl (C=O) groups excluding carboxylic acids is 1. The van der Waals surface area contributed by atoms with Gasteiger partial charge in [-0.2, -0.15) is 0 Å². The quantitative estimate of drug-likeness (QED) is 0.667. The molecule has 3 aromatic rings. The smallest absolute Gasteiger partial charge is 0.314 e. The van der Waals surface area contributed by atoms with E-state index in [9.17, 15) is 14.4 Å². The second-order valence-corrected chi connectivity index (χ2v) is 6.51. The number of amides is 1. The van der Waals surface area contributed by atoms with Crippen LogP contribution in [0.25, 0.3) is 11.0 Å². The zero-order chi connectivity index (χ0) is 19.7. The lowest BCUT2D eigenvalue weighted by molar-refractivity contribution is 0.0475. The van der Waals surface area contributed by atoms with Crippen LogP contribution in [0.5, 0.6) is 11.5 Å². The molecule has 144 valence electrons. The van der Waals surface area contributed by atoms with Crippen molar-refractivity contribution in [1.82, 2.24) is 14.9 Å². The first kappa shape index (κ1) is 17.8. The van der Waals surface area contributed by atoms with Gasteiger partial charge in [-0.05, 0) is 37.3 Å². The van der Waals surface area contributed by atoms with E-state index in [4.69, 9.17) is 9.47 Å². The van der Waals surface area contributed by atoms with Crippen LogP contribution >= 0.6 is 0 Å². The normalized spacial score (nSPS) is 15.4. The van der Waals surface area contributed by atoms with Crippen LogP contribution in [0.15, 0.2) is 52.1 Å². The van der Waals surface area contributed by atoms with Crippen LogP contribution in [0.4, 0.5) is 0 Å². The summed E-state index contributed by atoms with van der Waals surface area (Å²) in [6.07, 6.45) is -0.282. The Morgan fingerprint density at radius 2 is 1.79 bits per heavy atom. The molecule has 0 spiro atoms. The van der Waals surface area contributed by atoms with Gasteiger partial charge in [0.1, 0.15) is 6.61 Å². The molecule has 1 aliphatic heterocycles. The van der Waals surface area contributed by atoms with Crippen LogP contribution in [-0.4, -0.2) is 46.6 Å². The number of carbonyl (C=O) groups is 1. The average molecular weight is 381 g/mol. The number of nitrogens with one attached hydrogen (secondary N) is 2. The van der Waals surface area contributed by atoms with E-state index in [0.29, 0.717) is 47.8 Å². The minimum absolute atomic E-state index is 0.195. The van der Waals surface area contributed by atoms with Crippen molar-refractivity contribution in [3.63, 3.8) is 0 Å². The number of fused-ring (bicyclic) bond motifs is 2. The Balaban J connectivity index is 1.54. The van der Waals surface area contributed by atoms with Crippen molar-refractivity contribution < 1.29 is 14.3 Å². The number of benzene rings is 2. The highest BCUT2D eigenvalue weighted by Crippen LogP contribution is 2.31. The Morgan fingerprint density at radius 1 is 1.07 bits per heavy atom. The predicted molar refractivity (Wildman–Crippen MR) is 103 cm³/mol. The average Bonchev–Trinajstić information content (AvgIpc) is 2.72. The summed E-state index contributed by atoms with van der Waals surface area (Å²) in [5.74, 6) is 1.16. The third-order valence-corrected chi connectivity index (χ3v) is 4.63. The van der Waals surface area contributed by atoms with Crippen molar-refractivity contribution in [3.8, 4) is 11.5 Å². The Bertz CT molecular complexity index is 1150. The van der Waals surface area contributed by atoms with Gasteiger partial charge in [0.2, 0.25) is 0 Å². The number of aromatic nitrogens is 2. The van der Waals surface area contributed by atoms with E-state index < -0.39 is 11.1 Å². The number of rotatable bonds is 4. The molecule has 0 fully saturated rings. The van der Waals surface area contributed by atoms with Gasteiger partial charge in [0.15, 0.2) is 17.6 Å². The number of ether oxygens (including phenoxy) is 2. The summed E-state index contributed by atoms with van der Waals surface area (Å²) >= 11 is 0. The first-order valence-corrected chi connectivity index (χ1v) is 8.99. The van der Waals surface area contributed by atoms with Gasteiger partial charge < -0.3 is 24.3 Å². The van der Waals surface area contributed by atoms with E-state index in [-0.39, 0.29) is 12.0 Å². The molecule has 1 aliphatic rings. The van der Waals surface area contributed by atoms with Crippen LogP contribution in [0.1, 0.15) is 17.3 Å². The molecule has 0 radical (unpaired) electrons. The molecule has 1 amide bonds. The third-order valence-electron chi connectivity index (χ3n) is 4.63. The zero-order valence-electron chi connectivity index (χ0n) is 15.2. The van der Waals surface area contributed by atoms with Crippen LogP contribution in [0.2, 0.25) is 0 Å². The maximum atomic E-state index is 13.0. The summed E-state index contributed by atoms with van der Waals surface area (Å²) in [5.41, 5.74) is -0.205. The monoisotopic (exact) mass is 381 g/mol. The van der Waals surface area contributed by atoms with E-state index >= 15 is 0 Å². The summed E-state index contributed by atoms with van der Waals surface area (Å²) in [6, 6.07) is 12.2. The molecule has 2 N–H and O–H groups in total. The molecule has 2 aromatic carbocycles. The maximum Gasteiger partial charge on any atom is 0.314 e. The molecule has 0 saturated heterocycles. The Hall–Kier alpha value is -3.55. The first-order chi connectivity index (χ1) is 13.5. The molecular formula is C20H19N3O5. The molecule has 1 unspecified atom stereocenters. The number of aromatic amines is 2. The second kappa shape index (κ2) is 7.22. The van der Waals surface area contributed by atoms with E-state index in [1.165, 1.54) is 0 Å². The van der Waals surface area contributed by atoms with Gasteiger partial charge in [0.25, 0.3) is 5.91 Å². The lowest BCUT2D eigenvalue weighted by atomic mass is 10.1. The standard InChI is InChI=1S/C20H19N3O5/c1-2-23(10-13-11-27-16-5-3-4-6-17(16)28-13)20(26)12-7-8-14-15(9-12)22-19(25)18(24)21-14/h3-9,13H,2,10-11H2,1H3,(H,21,24)(H,22,25). The summed E-state index contributed by atoms with van der Waals surface area (Å²) in [5, 5.41) is 0. The van der Waals surface area contributed by atoms with Gasteiger partial charge in [0.05, 0.1) is 17.6 Å². The highest BCUT2D eigenvalue weighted by atomic mass is 16.6. The van der Waals surface area contributed by atoms with Crippen LogP contribution in [0.3, 0.4) is 0 Å². The highest BCUT2D eigenvalue weighted by molar-refractivity contribution is 5.97. The highest BCUT2D eigenvalue weighted by Gasteiger charge is 2.25. The number of H-pyrrole nitrogens is 2. The SMILES string of the molecule is CCN(CC1COc2ccccc2O1)C(=O)c1ccc2[nH]c(=O)c(=O)[nH]c2c1. The summed E-state index contributed by atoms with van der Waals surface area (Å²) in [4.78, 5) is 42.5. The molecule has 0 aliphatic carbocycles. The van der Waals surface area contributed by atoms with E-state index in [2.05, 4.69) is 9.97 Å². The number of nitrogens with zero attached hydrogens (tertiary/aromatic N) is 1. The van der Waals surface area contributed by atoms with E-state index in [0.717, 1.165) is 0 Å². The van der Waals surface area contributed by atoms with E-state index in [1.807, 2.05) is 31.2 Å². The minimum Gasteiger partial charge on any atom is -0.486 e. The van der Waals surface area contributed by atoms with Crippen molar-refractivity contribution in [2.75, 3.05) is 19.7 Å². The van der Waals surface area contributed by atoms with Crippen molar-refractivity contribution >= 4 is 16.9 Å². The summed E-state index contributed by atoms with van der Waals surface area (Å²) in [6.45, 7) is 3.09. The topological polar surface area (TPSA) is 104 Å². The largest absolute Gasteiger partial charge is 0.486 e. The summed E-state index contributed by atoms with van der Waals surface area (Å²) < 4.78 is 11.7. The van der Waals surface area contributed by atoms with Gasteiger partial charge in [-0.15, -0.1) is 0 Å². The maximum absolute atomic E-state index is 13.0. The molecule has 2 heterocycles. The molecule has 0 bridgehead atoms. The summed E-state index contributed by atoms with van der Waals surface area (Å²) in [7, 11) is 0. The molecule has 4 rings (SSSR count). The third kappa shape index (κ3) is 3.36. The molecular weight excluding hydrogens is 362 g/mol. The van der Waals surface area contributed by atoms with Crippen molar-refractivity contribution in [3.05, 3.63) is 68.7 Å². The minimum atomic E-state index is -0.754. The van der Waals surface area contributed by atoms with Crippen LogP contribution in [0, 0.1) is 0 Å². The molecule has 1 aromatic heterocycles. The predicted octanol–water partition coefficient (Wildman–Crippen LogP) is 1.52. The number of hydrogen-bond acceptors (Lipinski definition) is 5. The molecule has 0 saturated carbocycles. The zero-order valence-corrected chi connectivity index (χ0v) is 15.2. The number of likely N-dealkylation sites (N-methyl/N-ethyl adjacent to an activating group) is 1. The van der Waals surface area contributed by atoms with Gasteiger partial charge in [-0.3, -0.25) is 14.4 Å². The van der Waals surface area contributed by atoms with Gasteiger partial charge in [-0.25, -0.2) is 0 Å². The fraction of sp³-hybridized carbons (Fsp3) is 0.250. The van der Waals surface area contributed by atoms with Gasteiger partial charge >= 0.3 is 11.1 Å². The molecule has 8 heteroatoms. The molecule has 28 heavy (non-hydrogen) atoms. The van der Waals surface area contributed by atoms with Crippen molar-refractivity contribution in [2.45, 2.75) is 13.0 Å². The van der Waals surface area contributed by atoms with Gasteiger partial charge in [-0.1, -0.05) is 12.1 Å². The fourth-order valence-corrected chi connectivity index (χ4v) is 3.18. The lowest BCUT2D eigenvalue weighted by Crippen LogP contribution is -2.43. The molecule has 1 atom stereocenters. The van der Waals surface area contributed by atoms with Crippen molar-refractivity contribution in [1.29, 1.82) is 0 Å².